The van der Waals surface area contributed by atoms with Crippen LogP contribution in [0.4, 0.5) is 0 Å². The number of rotatable bonds is 8. The topological polar surface area (TPSA) is 52.6 Å². The van der Waals surface area contributed by atoms with E-state index in [2.05, 4.69) is 6.92 Å². The van der Waals surface area contributed by atoms with Crippen LogP contribution in [-0.4, -0.2) is 24.1 Å². The quantitative estimate of drug-likeness (QED) is 0.402. The van der Waals surface area contributed by atoms with Crippen LogP contribution >= 0.6 is 0 Å². The molecule has 0 spiro atoms. The number of cyclic esters (lactones) is 1. The van der Waals surface area contributed by atoms with Crippen molar-refractivity contribution < 1.29 is 19.1 Å². The lowest BCUT2D eigenvalue weighted by Gasteiger charge is -2.15. The van der Waals surface area contributed by atoms with Gasteiger partial charge in [-0.25, -0.2) is 9.59 Å². The number of hydrogen-bond donors (Lipinski definition) is 0. The van der Waals surface area contributed by atoms with Crippen molar-refractivity contribution >= 4 is 18.0 Å². The van der Waals surface area contributed by atoms with Gasteiger partial charge in [-0.3, -0.25) is 0 Å². The van der Waals surface area contributed by atoms with Crippen molar-refractivity contribution in [2.24, 2.45) is 5.92 Å². The first kappa shape index (κ1) is 17.7. The average Bonchev–Trinajstić information content (AvgIpc) is 3.09. The molecule has 0 aromatic heterocycles. The van der Waals surface area contributed by atoms with Crippen LogP contribution in [0.15, 0.2) is 35.9 Å². The van der Waals surface area contributed by atoms with E-state index < -0.39 is 12.1 Å². The van der Waals surface area contributed by atoms with Crippen LogP contribution in [-0.2, 0) is 19.1 Å². The number of hydrogen-bond acceptors (Lipinski definition) is 4. The second-order valence-corrected chi connectivity index (χ2v) is 6.89. The summed E-state index contributed by atoms with van der Waals surface area (Å²) in [4.78, 5) is 24.3. The summed E-state index contributed by atoms with van der Waals surface area (Å²) in [5.41, 5.74) is 1.51. The summed E-state index contributed by atoms with van der Waals surface area (Å²) in [6.07, 6.45) is 8.75. The molecule has 4 heteroatoms. The van der Waals surface area contributed by atoms with Crippen molar-refractivity contribution in [3.8, 4) is 0 Å². The molecule has 25 heavy (non-hydrogen) atoms. The Labute approximate surface area is 149 Å². The summed E-state index contributed by atoms with van der Waals surface area (Å²) < 4.78 is 10.8. The van der Waals surface area contributed by atoms with E-state index in [1.807, 2.05) is 36.4 Å². The molecule has 2 fully saturated rings. The minimum atomic E-state index is -0.757. The fraction of sp³-hybridized carbons (Fsp3) is 0.524. The van der Waals surface area contributed by atoms with Crippen LogP contribution in [0.3, 0.4) is 0 Å². The maximum atomic E-state index is 12.2. The highest BCUT2D eigenvalue weighted by Crippen LogP contribution is 2.40. The van der Waals surface area contributed by atoms with E-state index in [-0.39, 0.29) is 18.0 Å². The smallest absolute Gasteiger partial charge is 0.348 e. The largest absolute Gasteiger partial charge is 0.459 e. The maximum absolute atomic E-state index is 12.2. The SMILES string of the molecule is CCCCCCCC[C@H]1OC(=O)[C@@H]2OC(=O)/C(=C\c3ccccc3)[C@H]12. The Morgan fingerprint density at radius 1 is 0.960 bits per heavy atom. The number of ether oxygens (including phenoxy) is 2. The zero-order valence-corrected chi connectivity index (χ0v) is 14.8. The molecule has 134 valence electrons. The zero-order valence-electron chi connectivity index (χ0n) is 14.8. The summed E-state index contributed by atoms with van der Waals surface area (Å²) >= 11 is 0. The van der Waals surface area contributed by atoms with Gasteiger partial charge in [0, 0.05) is 5.57 Å². The van der Waals surface area contributed by atoms with Gasteiger partial charge >= 0.3 is 11.9 Å². The van der Waals surface area contributed by atoms with Crippen LogP contribution < -0.4 is 0 Å². The van der Waals surface area contributed by atoms with Gasteiger partial charge in [-0.1, -0.05) is 69.4 Å². The normalized spacial score (nSPS) is 26.6. The van der Waals surface area contributed by atoms with Crippen LogP contribution in [0, 0.1) is 5.92 Å². The molecule has 0 bridgehead atoms. The van der Waals surface area contributed by atoms with Gasteiger partial charge < -0.3 is 9.47 Å². The second kappa shape index (κ2) is 8.32. The number of carbonyl (C=O) groups is 2. The summed E-state index contributed by atoms with van der Waals surface area (Å²) in [6, 6.07) is 9.66. The predicted molar refractivity (Wildman–Crippen MR) is 95.7 cm³/mol. The van der Waals surface area contributed by atoms with E-state index in [9.17, 15) is 9.59 Å². The monoisotopic (exact) mass is 342 g/mol. The third-order valence-electron chi connectivity index (χ3n) is 5.02. The molecule has 2 aliphatic rings. The molecule has 1 aromatic carbocycles. The van der Waals surface area contributed by atoms with Gasteiger partial charge in [-0.05, 0) is 24.5 Å². The molecule has 0 aliphatic carbocycles. The van der Waals surface area contributed by atoms with Crippen LogP contribution in [0.2, 0.25) is 0 Å². The lowest BCUT2D eigenvalue weighted by molar-refractivity contribution is -0.156. The van der Waals surface area contributed by atoms with Gasteiger partial charge in [0.1, 0.15) is 6.10 Å². The summed E-state index contributed by atoms with van der Waals surface area (Å²) in [5.74, 6) is -1.05. The molecule has 4 nitrogen and oxygen atoms in total. The molecule has 1 aromatic rings. The Bertz CT molecular complexity index is 635. The van der Waals surface area contributed by atoms with E-state index in [1.54, 1.807) is 0 Å². The fourth-order valence-corrected chi connectivity index (χ4v) is 3.68. The highest BCUT2D eigenvalue weighted by atomic mass is 16.6. The summed E-state index contributed by atoms with van der Waals surface area (Å²) in [7, 11) is 0. The standard InChI is InChI=1S/C21H26O4/c1-2-3-4-5-6-10-13-17-18-16(14-15-11-8-7-9-12-15)20(22)25-19(18)21(23)24-17/h7-9,11-12,14,17-19H,2-6,10,13H2,1H3/b16-14-/t17-,18-,19-/m1/s1. The molecule has 3 rings (SSSR count). The third-order valence-corrected chi connectivity index (χ3v) is 5.02. The molecule has 0 amide bonds. The Morgan fingerprint density at radius 3 is 2.44 bits per heavy atom. The maximum Gasteiger partial charge on any atom is 0.348 e. The first-order chi connectivity index (χ1) is 12.2. The molecule has 2 saturated heterocycles. The van der Waals surface area contributed by atoms with E-state index in [0.29, 0.717) is 5.57 Å². The van der Waals surface area contributed by atoms with Crippen LogP contribution in [0.5, 0.6) is 0 Å². The Kier molecular flexibility index (Phi) is 5.90. The van der Waals surface area contributed by atoms with E-state index >= 15 is 0 Å². The number of fused-ring (bicyclic) bond motifs is 1. The molecular formula is C21H26O4. The van der Waals surface area contributed by atoms with Gasteiger partial charge in [0.15, 0.2) is 0 Å². The van der Waals surface area contributed by atoms with Crippen LogP contribution in [0.25, 0.3) is 6.08 Å². The van der Waals surface area contributed by atoms with Crippen molar-refractivity contribution in [3.05, 3.63) is 41.5 Å². The third kappa shape index (κ3) is 4.12. The highest BCUT2D eigenvalue weighted by molar-refractivity contribution is 6.01. The van der Waals surface area contributed by atoms with Crippen molar-refractivity contribution in [3.63, 3.8) is 0 Å². The molecule has 2 aliphatic heterocycles. The zero-order chi connectivity index (χ0) is 17.6. The number of carbonyl (C=O) groups excluding carboxylic acids is 2. The lowest BCUT2D eigenvalue weighted by Crippen LogP contribution is -2.22. The van der Waals surface area contributed by atoms with E-state index in [4.69, 9.17) is 9.47 Å². The minimum Gasteiger partial charge on any atom is -0.459 e. The minimum absolute atomic E-state index is 0.245. The summed E-state index contributed by atoms with van der Waals surface area (Å²) in [6.45, 7) is 2.20. The Balaban J connectivity index is 1.66. The Morgan fingerprint density at radius 2 is 1.68 bits per heavy atom. The van der Waals surface area contributed by atoms with Gasteiger partial charge in [0.05, 0.1) is 5.92 Å². The molecular weight excluding hydrogens is 316 g/mol. The Hall–Kier alpha value is -2.10. The van der Waals surface area contributed by atoms with Crippen molar-refractivity contribution in [1.29, 1.82) is 0 Å². The molecule has 3 atom stereocenters. The number of esters is 2. The molecule has 2 heterocycles. The first-order valence-corrected chi connectivity index (χ1v) is 9.39. The molecule has 0 radical (unpaired) electrons. The van der Waals surface area contributed by atoms with E-state index in [0.717, 1.165) is 24.8 Å². The highest BCUT2D eigenvalue weighted by Gasteiger charge is 2.55. The van der Waals surface area contributed by atoms with E-state index in [1.165, 1.54) is 25.7 Å². The van der Waals surface area contributed by atoms with Gasteiger partial charge in [0.25, 0.3) is 0 Å². The van der Waals surface area contributed by atoms with Gasteiger partial charge in [-0.2, -0.15) is 0 Å². The predicted octanol–water partition coefficient (Wildman–Crippen LogP) is 4.29. The van der Waals surface area contributed by atoms with Crippen molar-refractivity contribution in [2.45, 2.75) is 64.1 Å². The summed E-state index contributed by atoms with van der Waals surface area (Å²) in [5, 5.41) is 0. The second-order valence-electron chi connectivity index (χ2n) is 6.89. The molecule has 0 unspecified atom stereocenters. The van der Waals surface area contributed by atoms with Crippen molar-refractivity contribution in [1.82, 2.24) is 0 Å². The fourth-order valence-electron chi connectivity index (χ4n) is 3.68. The van der Waals surface area contributed by atoms with Crippen molar-refractivity contribution in [2.75, 3.05) is 0 Å². The molecule has 0 saturated carbocycles. The molecule has 0 N–H and O–H groups in total. The number of unbranched alkanes of at least 4 members (excludes halogenated alkanes) is 5. The lowest BCUT2D eigenvalue weighted by atomic mass is 9.88. The first-order valence-electron chi connectivity index (χ1n) is 9.39. The van der Waals surface area contributed by atoms with Gasteiger partial charge in [0.2, 0.25) is 6.10 Å². The number of benzene rings is 1. The van der Waals surface area contributed by atoms with Crippen LogP contribution in [0.1, 0.15) is 57.4 Å². The average molecular weight is 342 g/mol. The van der Waals surface area contributed by atoms with Gasteiger partial charge in [-0.15, -0.1) is 0 Å².